The lowest BCUT2D eigenvalue weighted by atomic mass is 10.0. The van der Waals surface area contributed by atoms with Crippen LogP contribution in [0.1, 0.15) is 22.0 Å². The number of hydrogen-bond acceptors (Lipinski definition) is 4. The largest absolute Gasteiger partial charge is 0.368 e. The Hall–Kier alpha value is -3.11. The first kappa shape index (κ1) is 22.2. The standard InChI is InChI=1S/C19H19F2N3O4S/c1-3-9-23-29(27,28)16-11-13(7-8-15(16)21)19(26)24(2)17(18(22)25)12-5-4-6-14(20)10-12/h3-8,10-11,17,23H,1,9H2,2H3,(H2,22,25). The number of benzene rings is 2. The molecule has 0 saturated carbocycles. The lowest BCUT2D eigenvalue weighted by Gasteiger charge is -2.26. The Bertz CT molecular complexity index is 1060. The van der Waals surface area contributed by atoms with Gasteiger partial charge in [-0.15, -0.1) is 6.58 Å². The van der Waals surface area contributed by atoms with E-state index in [-0.39, 0.29) is 17.7 Å². The van der Waals surface area contributed by atoms with Crippen LogP contribution >= 0.6 is 0 Å². The van der Waals surface area contributed by atoms with Crippen molar-refractivity contribution in [3.8, 4) is 0 Å². The first-order valence-electron chi connectivity index (χ1n) is 8.30. The summed E-state index contributed by atoms with van der Waals surface area (Å²) < 4.78 is 54.1. The molecule has 0 aliphatic heterocycles. The van der Waals surface area contributed by atoms with Crippen molar-refractivity contribution in [3.63, 3.8) is 0 Å². The molecule has 1 atom stereocenters. The van der Waals surface area contributed by atoms with Crippen LogP contribution in [0.25, 0.3) is 0 Å². The molecule has 0 fully saturated rings. The first-order chi connectivity index (χ1) is 13.6. The quantitative estimate of drug-likeness (QED) is 0.630. The molecule has 2 aromatic carbocycles. The molecule has 0 bridgehead atoms. The fourth-order valence-electron chi connectivity index (χ4n) is 2.67. The third-order valence-electron chi connectivity index (χ3n) is 4.03. The van der Waals surface area contributed by atoms with Gasteiger partial charge in [0.05, 0.1) is 0 Å². The van der Waals surface area contributed by atoms with E-state index in [0.717, 1.165) is 35.2 Å². The Balaban J connectivity index is 2.43. The van der Waals surface area contributed by atoms with Crippen molar-refractivity contribution < 1.29 is 26.8 Å². The van der Waals surface area contributed by atoms with Crippen molar-refractivity contribution in [1.29, 1.82) is 0 Å². The van der Waals surface area contributed by atoms with Crippen LogP contribution in [0.3, 0.4) is 0 Å². The second-order valence-corrected chi connectivity index (χ2v) is 7.80. The van der Waals surface area contributed by atoms with Crippen molar-refractivity contribution in [2.45, 2.75) is 10.9 Å². The van der Waals surface area contributed by atoms with Crippen molar-refractivity contribution in [1.82, 2.24) is 9.62 Å². The zero-order chi connectivity index (χ0) is 21.8. The Labute approximate surface area is 166 Å². The van der Waals surface area contributed by atoms with Gasteiger partial charge in [-0.2, -0.15) is 0 Å². The van der Waals surface area contributed by atoms with Gasteiger partial charge < -0.3 is 10.6 Å². The second kappa shape index (κ2) is 8.93. The number of carbonyl (C=O) groups is 2. The van der Waals surface area contributed by atoms with E-state index in [2.05, 4.69) is 11.3 Å². The number of nitrogens with zero attached hydrogens (tertiary/aromatic N) is 1. The number of hydrogen-bond donors (Lipinski definition) is 2. The summed E-state index contributed by atoms with van der Waals surface area (Å²) in [6.45, 7) is 3.23. The fraction of sp³-hybridized carbons (Fsp3) is 0.158. The van der Waals surface area contributed by atoms with Crippen LogP contribution in [-0.4, -0.2) is 38.7 Å². The predicted octanol–water partition coefficient (Wildman–Crippen LogP) is 1.73. The average Bonchev–Trinajstić information content (AvgIpc) is 2.66. The van der Waals surface area contributed by atoms with E-state index in [4.69, 9.17) is 5.73 Å². The van der Waals surface area contributed by atoms with Gasteiger partial charge >= 0.3 is 0 Å². The summed E-state index contributed by atoms with van der Waals surface area (Å²) in [6, 6.07) is 6.42. The number of nitrogens with two attached hydrogens (primary N) is 1. The lowest BCUT2D eigenvalue weighted by molar-refractivity contribution is -0.122. The monoisotopic (exact) mass is 423 g/mol. The predicted molar refractivity (Wildman–Crippen MR) is 102 cm³/mol. The van der Waals surface area contributed by atoms with E-state index in [0.29, 0.717) is 0 Å². The summed E-state index contributed by atoms with van der Waals surface area (Å²) in [5.41, 5.74) is 5.32. The molecule has 2 amide bonds. The summed E-state index contributed by atoms with van der Waals surface area (Å²) >= 11 is 0. The third kappa shape index (κ3) is 5.04. The Kier molecular flexibility index (Phi) is 6.83. The zero-order valence-corrected chi connectivity index (χ0v) is 16.2. The minimum absolute atomic E-state index is 0.135. The van der Waals surface area contributed by atoms with E-state index in [1.165, 1.54) is 25.3 Å². The Morgan fingerprint density at radius 3 is 2.52 bits per heavy atom. The molecule has 29 heavy (non-hydrogen) atoms. The van der Waals surface area contributed by atoms with Gasteiger partial charge in [0.15, 0.2) is 0 Å². The van der Waals surface area contributed by atoms with Crippen molar-refractivity contribution in [2.24, 2.45) is 5.73 Å². The van der Waals surface area contributed by atoms with Crippen LogP contribution in [0.5, 0.6) is 0 Å². The SMILES string of the molecule is C=CCNS(=O)(=O)c1cc(C(=O)N(C)C(C(N)=O)c2cccc(F)c2)ccc1F. The first-order valence-corrected chi connectivity index (χ1v) is 9.79. The lowest BCUT2D eigenvalue weighted by Crippen LogP contribution is -2.39. The van der Waals surface area contributed by atoms with Gasteiger partial charge in [0.25, 0.3) is 5.91 Å². The molecule has 0 radical (unpaired) electrons. The minimum Gasteiger partial charge on any atom is -0.368 e. The molecule has 2 rings (SSSR count). The molecular weight excluding hydrogens is 404 g/mol. The van der Waals surface area contributed by atoms with Crippen LogP contribution in [-0.2, 0) is 14.8 Å². The molecular formula is C19H19F2N3O4S. The van der Waals surface area contributed by atoms with Gasteiger partial charge in [-0.1, -0.05) is 18.2 Å². The second-order valence-electron chi connectivity index (χ2n) is 6.06. The molecule has 0 aliphatic rings. The number of amides is 2. The molecule has 0 aliphatic carbocycles. The number of likely N-dealkylation sites (N-methyl/N-ethyl adjacent to an activating group) is 1. The van der Waals surface area contributed by atoms with Crippen LogP contribution in [0.15, 0.2) is 60.0 Å². The van der Waals surface area contributed by atoms with E-state index in [1.807, 2.05) is 0 Å². The summed E-state index contributed by atoms with van der Waals surface area (Å²) in [7, 11) is -2.99. The topological polar surface area (TPSA) is 110 Å². The Morgan fingerprint density at radius 1 is 1.24 bits per heavy atom. The highest BCUT2D eigenvalue weighted by Gasteiger charge is 2.29. The van der Waals surface area contributed by atoms with E-state index >= 15 is 0 Å². The van der Waals surface area contributed by atoms with Gasteiger partial charge in [0, 0.05) is 19.2 Å². The average molecular weight is 423 g/mol. The smallest absolute Gasteiger partial charge is 0.254 e. The van der Waals surface area contributed by atoms with Gasteiger partial charge in [-0.3, -0.25) is 9.59 Å². The molecule has 2 aromatic rings. The Morgan fingerprint density at radius 2 is 1.93 bits per heavy atom. The van der Waals surface area contributed by atoms with E-state index in [9.17, 15) is 26.8 Å². The number of halogens is 2. The van der Waals surface area contributed by atoms with Crippen LogP contribution in [0, 0.1) is 11.6 Å². The maximum Gasteiger partial charge on any atom is 0.254 e. The molecule has 7 nitrogen and oxygen atoms in total. The zero-order valence-electron chi connectivity index (χ0n) is 15.4. The number of rotatable bonds is 8. The summed E-state index contributed by atoms with van der Waals surface area (Å²) in [6.07, 6.45) is 1.27. The van der Waals surface area contributed by atoms with Gasteiger partial charge in [0.2, 0.25) is 15.9 Å². The number of primary amides is 1. The minimum atomic E-state index is -4.24. The van der Waals surface area contributed by atoms with Gasteiger partial charge in [-0.25, -0.2) is 21.9 Å². The molecule has 154 valence electrons. The maximum absolute atomic E-state index is 14.1. The van der Waals surface area contributed by atoms with Gasteiger partial charge in [0.1, 0.15) is 22.6 Å². The summed E-state index contributed by atoms with van der Waals surface area (Å²) in [5, 5.41) is 0. The van der Waals surface area contributed by atoms with E-state index in [1.54, 1.807) is 0 Å². The molecule has 10 heteroatoms. The highest BCUT2D eigenvalue weighted by molar-refractivity contribution is 7.89. The van der Waals surface area contributed by atoms with Gasteiger partial charge in [-0.05, 0) is 35.9 Å². The van der Waals surface area contributed by atoms with Crippen LogP contribution in [0.4, 0.5) is 8.78 Å². The number of nitrogens with one attached hydrogen (secondary N) is 1. The highest BCUT2D eigenvalue weighted by atomic mass is 32.2. The summed E-state index contributed by atoms with van der Waals surface area (Å²) in [5.74, 6) is -3.41. The number of sulfonamides is 1. The van der Waals surface area contributed by atoms with Crippen molar-refractivity contribution >= 4 is 21.8 Å². The third-order valence-corrected chi connectivity index (χ3v) is 5.47. The maximum atomic E-state index is 14.1. The molecule has 0 saturated heterocycles. The molecule has 1 unspecified atom stereocenters. The van der Waals surface area contributed by atoms with Crippen molar-refractivity contribution in [3.05, 3.63) is 77.9 Å². The highest BCUT2D eigenvalue weighted by Crippen LogP contribution is 2.24. The number of carbonyl (C=O) groups excluding carboxylic acids is 2. The molecule has 0 aromatic heterocycles. The van der Waals surface area contributed by atoms with Crippen LogP contribution < -0.4 is 10.5 Å². The molecule has 0 heterocycles. The normalized spacial score (nSPS) is 12.2. The molecule has 0 spiro atoms. The fourth-order valence-corrected chi connectivity index (χ4v) is 3.76. The van der Waals surface area contributed by atoms with Crippen molar-refractivity contribution in [2.75, 3.05) is 13.6 Å². The molecule has 3 N–H and O–H groups in total. The summed E-state index contributed by atoms with van der Waals surface area (Å²) in [4.78, 5) is 24.9. The van der Waals surface area contributed by atoms with Crippen LogP contribution in [0.2, 0.25) is 0 Å². The van der Waals surface area contributed by atoms with E-state index < -0.39 is 44.4 Å².